The minimum atomic E-state index is 0.558. The highest BCUT2D eigenvalue weighted by molar-refractivity contribution is 5.63. The van der Waals surface area contributed by atoms with Gasteiger partial charge in [0, 0.05) is 31.0 Å². The predicted molar refractivity (Wildman–Crippen MR) is 66.8 cm³/mol. The molecule has 1 aliphatic rings. The van der Waals surface area contributed by atoms with Crippen LogP contribution in [0.1, 0.15) is 25.8 Å². The maximum absolute atomic E-state index is 3.52. The van der Waals surface area contributed by atoms with Gasteiger partial charge in [-0.3, -0.25) is 0 Å². The number of nitrogens with zero attached hydrogens (tertiary/aromatic N) is 1. The summed E-state index contributed by atoms with van der Waals surface area (Å²) in [5, 5.41) is 3.52. The molecule has 0 aliphatic carbocycles. The number of fused-ring (bicyclic) bond motifs is 1. The number of hydrogen-bond acceptors (Lipinski definition) is 2. The highest BCUT2D eigenvalue weighted by Gasteiger charge is 2.15. The summed E-state index contributed by atoms with van der Waals surface area (Å²) in [5.41, 5.74) is 4.13. The van der Waals surface area contributed by atoms with E-state index in [1.54, 1.807) is 0 Å². The van der Waals surface area contributed by atoms with Crippen LogP contribution in [-0.2, 0) is 6.42 Å². The van der Waals surface area contributed by atoms with E-state index in [0.29, 0.717) is 6.04 Å². The van der Waals surface area contributed by atoms with Crippen molar-refractivity contribution >= 4 is 11.4 Å². The SMILES string of the molecule is CCC(C)Nc1ccc2c(c1)CCN2C. The third kappa shape index (κ3) is 2.09. The maximum Gasteiger partial charge on any atom is 0.0398 e. The Bertz CT molecular complexity index is 346. The number of rotatable bonds is 3. The monoisotopic (exact) mass is 204 g/mol. The number of nitrogens with one attached hydrogen (secondary N) is 1. The average molecular weight is 204 g/mol. The summed E-state index contributed by atoms with van der Waals surface area (Å²) < 4.78 is 0. The Labute approximate surface area is 92.3 Å². The molecule has 0 fully saturated rings. The van der Waals surface area contributed by atoms with E-state index in [1.807, 2.05) is 0 Å². The molecule has 2 rings (SSSR count). The quantitative estimate of drug-likeness (QED) is 0.814. The van der Waals surface area contributed by atoms with Crippen molar-refractivity contribution in [2.75, 3.05) is 23.8 Å². The zero-order chi connectivity index (χ0) is 10.8. The second kappa shape index (κ2) is 4.13. The summed E-state index contributed by atoms with van der Waals surface area (Å²) >= 11 is 0. The van der Waals surface area contributed by atoms with Crippen LogP contribution in [0, 0.1) is 0 Å². The minimum absolute atomic E-state index is 0.558. The summed E-state index contributed by atoms with van der Waals surface area (Å²) in [5.74, 6) is 0. The molecule has 1 atom stereocenters. The fourth-order valence-electron chi connectivity index (χ4n) is 2.04. The van der Waals surface area contributed by atoms with Crippen molar-refractivity contribution in [2.24, 2.45) is 0 Å². The van der Waals surface area contributed by atoms with Gasteiger partial charge in [0.05, 0.1) is 0 Å². The number of anilines is 2. The van der Waals surface area contributed by atoms with Crippen LogP contribution in [0.25, 0.3) is 0 Å². The number of likely N-dealkylation sites (N-methyl/N-ethyl adjacent to an activating group) is 1. The Morgan fingerprint density at radius 2 is 2.27 bits per heavy atom. The number of hydrogen-bond donors (Lipinski definition) is 1. The van der Waals surface area contributed by atoms with Gasteiger partial charge in [0.25, 0.3) is 0 Å². The van der Waals surface area contributed by atoms with Gasteiger partial charge in [0.2, 0.25) is 0 Å². The molecule has 1 heterocycles. The molecule has 2 heteroatoms. The molecule has 0 bridgehead atoms. The van der Waals surface area contributed by atoms with Gasteiger partial charge in [-0.1, -0.05) is 6.92 Å². The molecule has 0 saturated carbocycles. The third-order valence-corrected chi connectivity index (χ3v) is 3.23. The smallest absolute Gasteiger partial charge is 0.0398 e. The van der Waals surface area contributed by atoms with Crippen molar-refractivity contribution in [3.63, 3.8) is 0 Å². The lowest BCUT2D eigenvalue weighted by Crippen LogP contribution is -2.14. The largest absolute Gasteiger partial charge is 0.383 e. The molecule has 0 saturated heterocycles. The minimum Gasteiger partial charge on any atom is -0.383 e. The molecule has 0 aromatic heterocycles. The van der Waals surface area contributed by atoms with E-state index in [1.165, 1.54) is 23.4 Å². The molecule has 1 N–H and O–H groups in total. The molecule has 1 aliphatic heterocycles. The van der Waals surface area contributed by atoms with Crippen LogP contribution in [0.2, 0.25) is 0 Å². The van der Waals surface area contributed by atoms with Crippen LogP contribution < -0.4 is 10.2 Å². The van der Waals surface area contributed by atoms with Crippen LogP contribution in [0.4, 0.5) is 11.4 Å². The fourth-order valence-corrected chi connectivity index (χ4v) is 2.04. The maximum atomic E-state index is 3.52. The molecule has 82 valence electrons. The van der Waals surface area contributed by atoms with Crippen LogP contribution in [0.5, 0.6) is 0 Å². The average Bonchev–Trinajstić information content (AvgIpc) is 2.60. The Kier molecular flexibility index (Phi) is 2.85. The molecule has 2 nitrogen and oxygen atoms in total. The van der Waals surface area contributed by atoms with Crippen molar-refractivity contribution in [3.05, 3.63) is 23.8 Å². The third-order valence-electron chi connectivity index (χ3n) is 3.23. The molecule has 1 unspecified atom stereocenters. The van der Waals surface area contributed by atoms with Crippen molar-refractivity contribution in [2.45, 2.75) is 32.7 Å². The van der Waals surface area contributed by atoms with E-state index < -0.39 is 0 Å². The van der Waals surface area contributed by atoms with Crippen LogP contribution >= 0.6 is 0 Å². The second-order valence-corrected chi connectivity index (χ2v) is 4.47. The van der Waals surface area contributed by atoms with Crippen molar-refractivity contribution in [1.29, 1.82) is 0 Å². The van der Waals surface area contributed by atoms with Crippen LogP contribution in [0.15, 0.2) is 18.2 Å². The molecule has 0 amide bonds. The normalized spacial score (nSPS) is 16.3. The zero-order valence-electron chi connectivity index (χ0n) is 9.88. The van der Waals surface area contributed by atoms with Crippen molar-refractivity contribution in [3.8, 4) is 0 Å². The van der Waals surface area contributed by atoms with Gasteiger partial charge in [0.1, 0.15) is 0 Å². The first kappa shape index (κ1) is 10.3. The van der Waals surface area contributed by atoms with E-state index in [4.69, 9.17) is 0 Å². The van der Waals surface area contributed by atoms with Gasteiger partial charge in [-0.2, -0.15) is 0 Å². The van der Waals surface area contributed by atoms with Crippen molar-refractivity contribution < 1.29 is 0 Å². The van der Waals surface area contributed by atoms with E-state index in [2.05, 4.69) is 49.3 Å². The van der Waals surface area contributed by atoms with Crippen molar-refractivity contribution in [1.82, 2.24) is 0 Å². The summed E-state index contributed by atoms with van der Waals surface area (Å²) in [6, 6.07) is 7.27. The lowest BCUT2D eigenvalue weighted by molar-refractivity contribution is 0.764. The molecular formula is C13H20N2. The van der Waals surface area contributed by atoms with Gasteiger partial charge in [0.15, 0.2) is 0 Å². The van der Waals surface area contributed by atoms with Gasteiger partial charge >= 0.3 is 0 Å². The van der Waals surface area contributed by atoms with Gasteiger partial charge in [-0.05, 0) is 43.5 Å². The number of benzene rings is 1. The van der Waals surface area contributed by atoms with Gasteiger partial charge < -0.3 is 10.2 Å². The molecule has 15 heavy (non-hydrogen) atoms. The van der Waals surface area contributed by atoms with E-state index in [9.17, 15) is 0 Å². The van der Waals surface area contributed by atoms with Gasteiger partial charge in [-0.15, -0.1) is 0 Å². The molecule has 0 spiro atoms. The molecule has 1 aromatic carbocycles. The van der Waals surface area contributed by atoms with Gasteiger partial charge in [-0.25, -0.2) is 0 Å². The Hall–Kier alpha value is -1.18. The van der Waals surface area contributed by atoms with Crippen LogP contribution in [-0.4, -0.2) is 19.6 Å². The Morgan fingerprint density at radius 3 is 3.00 bits per heavy atom. The first-order chi connectivity index (χ1) is 7.20. The van der Waals surface area contributed by atoms with Crippen LogP contribution in [0.3, 0.4) is 0 Å². The topological polar surface area (TPSA) is 15.3 Å². The first-order valence-corrected chi connectivity index (χ1v) is 5.81. The molecular weight excluding hydrogens is 184 g/mol. The standard InChI is InChI=1S/C13H20N2/c1-4-10(2)14-12-5-6-13-11(9-12)7-8-15(13)3/h5-6,9-10,14H,4,7-8H2,1-3H3. The Balaban J connectivity index is 2.16. The van der Waals surface area contributed by atoms with E-state index >= 15 is 0 Å². The summed E-state index contributed by atoms with van der Waals surface area (Å²) in [6.07, 6.45) is 2.35. The first-order valence-electron chi connectivity index (χ1n) is 5.81. The van der Waals surface area contributed by atoms with E-state index in [0.717, 1.165) is 13.0 Å². The molecule has 1 aromatic rings. The highest BCUT2D eigenvalue weighted by Crippen LogP contribution is 2.29. The predicted octanol–water partition coefficient (Wildman–Crippen LogP) is 2.89. The second-order valence-electron chi connectivity index (χ2n) is 4.47. The summed E-state index contributed by atoms with van der Waals surface area (Å²) in [7, 11) is 2.16. The molecule has 0 radical (unpaired) electrons. The summed E-state index contributed by atoms with van der Waals surface area (Å²) in [6.45, 7) is 5.58. The lowest BCUT2D eigenvalue weighted by Gasteiger charge is -2.15. The fraction of sp³-hybridized carbons (Fsp3) is 0.538. The Morgan fingerprint density at radius 1 is 1.47 bits per heavy atom. The highest BCUT2D eigenvalue weighted by atomic mass is 15.1. The lowest BCUT2D eigenvalue weighted by atomic mass is 10.1. The van der Waals surface area contributed by atoms with E-state index in [-0.39, 0.29) is 0 Å². The zero-order valence-corrected chi connectivity index (χ0v) is 9.88. The summed E-state index contributed by atoms with van der Waals surface area (Å²) in [4.78, 5) is 2.32.